The first-order valence-corrected chi connectivity index (χ1v) is 12.1. The highest BCUT2D eigenvalue weighted by Gasteiger charge is 2.33. The van der Waals surface area contributed by atoms with E-state index in [9.17, 15) is 9.59 Å². The predicted octanol–water partition coefficient (Wildman–Crippen LogP) is 2.08. The van der Waals surface area contributed by atoms with Crippen LogP contribution in [-0.4, -0.2) is 81.0 Å². The molecule has 1 aromatic heterocycles. The van der Waals surface area contributed by atoms with Gasteiger partial charge in [0.15, 0.2) is 22.5 Å². The predicted molar refractivity (Wildman–Crippen MR) is 127 cm³/mol. The molecule has 0 aliphatic carbocycles. The van der Waals surface area contributed by atoms with Crippen molar-refractivity contribution in [3.8, 4) is 22.9 Å². The van der Waals surface area contributed by atoms with Crippen molar-refractivity contribution < 1.29 is 19.1 Å². The van der Waals surface area contributed by atoms with Crippen LogP contribution in [0.2, 0.25) is 0 Å². The summed E-state index contributed by atoms with van der Waals surface area (Å²) in [5.74, 6) is 2.18. The second-order valence-corrected chi connectivity index (χ2v) is 9.03. The molecule has 0 saturated carbocycles. The number of aromatic nitrogens is 3. The van der Waals surface area contributed by atoms with Crippen LogP contribution in [-0.2, 0) is 16.6 Å². The highest BCUT2D eigenvalue weighted by atomic mass is 32.2. The Kier molecular flexibility index (Phi) is 6.39. The van der Waals surface area contributed by atoms with E-state index < -0.39 is 6.10 Å². The molecule has 2 aliphatic heterocycles. The van der Waals surface area contributed by atoms with Crippen LogP contribution in [0.1, 0.15) is 0 Å². The van der Waals surface area contributed by atoms with Crippen molar-refractivity contribution >= 4 is 23.6 Å². The Balaban J connectivity index is 1.11. The first kappa shape index (κ1) is 22.3. The molecule has 0 spiro atoms. The van der Waals surface area contributed by atoms with E-state index in [-0.39, 0.29) is 24.2 Å². The van der Waals surface area contributed by atoms with Crippen molar-refractivity contribution in [2.75, 3.05) is 38.5 Å². The van der Waals surface area contributed by atoms with Crippen LogP contribution in [0, 0.1) is 0 Å². The maximum absolute atomic E-state index is 12.9. The number of hydrogen-bond donors (Lipinski definition) is 0. The normalized spacial score (nSPS) is 17.5. The summed E-state index contributed by atoms with van der Waals surface area (Å²) in [4.78, 5) is 29.2. The summed E-state index contributed by atoms with van der Waals surface area (Å²) < 4.78 is 13.4. The fraction of sp³-hybridized carbons (Fsp3) is 0.333. The Morgan fingerprint density at radius 1 is 0.941 bits per heavy atom. The van der Waals surface area contributed by atoms with E-state index in [1.54, 1.807) is 15.9 Å². The summed E-state index contributed by atoms with van der Waals surface area (Å²) in [7, 11) is 1.90. The maximum Gasteiger partial charge on any atom is 0.267 e. The van der Waals surface area contributed by atoms with Crippen LogP contribution >= 0.6 is 11.8 Å². The first-order chi connectivity index (χ1) is 16.6. The Morgan fingerprint density at radius 2 is 1.62 bits per heavy atom. The average molecular weight is 480 g/mol. The molecule has 3 heterocycles. The number of piperazine rings is 1. The van der Waals surface area contributed by atoms with Crippen LogP contribution in [0.25, 0.3) is 11.4 Å². The van der Waals surface area contributed by atoms with E-state index in [0.717, 1.165) is 11.4 Å². The van der Waals surface area contributed by atoms with Gasteiger partial charge in [-0.2, -0.15) is 0 Å². The molecule has 9 nitrogen and oxygen atoms in total. The van der Waals surface area contributed by atoms with Gasteiger partial charge in [-0.25, -0.2) is 0 Å². The Bertz CT molecular complexity index is 1180. The number of carbonyl (C=O) groups is 2. The number of rotatable bonds is 5. The molecule has 0 radical (unpaired) electrons. The summed E-state index contributed by atoms with van der Waals surface area (Å²) in [5, 5.41) is 9.19. The molecule has 0 bridgehead atoms. The molecular weight excluding hydrogens is 454 g/mol. The number of carbonyl (C=O) groups excluding carboxylic acids is 2. The number of benzene rings is 2. The quantitative estimate of drug-likeness (QED) is 0.518. The smallest absolute Gasteiger partial charge is 0.267 e. The standard InChI is InChI=1S/C24H25N5O4S/c1-27-22(17-7-3-2-4-8-17)25-26-24(27)34-16-21(30)28-11-13-29(14-12-28)23(31)20-15-32-18-9-5-6-10-19(18)33-20/h2-10,20H,11-16H2,1H3/t20-/m0/s1. The van der Waals surface area contributed by atoms with E-state index in [1.165, 1.54) is 11.8 Å². The molecule has 1 atom stereocenters. The number of amides is 2. The second kappa shape index (κ2) is 9.76. The summed E-state index contributed by atoms with van der Waals surface area (Å²) in [6.07, 6.45) is -0.664. The fourth-order valence-electron chi connectivity index (χ4n) is 4.02. The second-order valence-electron chi connectivity index (χ2n) is 8.09. The van der Waals surface area contributed by atoms with Gasteiger partial charge in [-0.15, -0.1) is 10.2 Å². The lowest BCUT2D eigenvalue weighted by atomic mass is 10.2. The highest BCUT2D eigenvalue weighted by Crippen LogP contribution is 2.31. The molecule has 0 unspecified atom stereocenters. The van der Waals surface area contributed by atoms with Crippen molar-refractivity contribution in [2.24, 2.45) is 7.05 Å². The minimum absolute atomic E-state index is 0.0209. The highest BCUT2D eigenvalue weighted by molar-refractivity contribution is 7.99. The lowest BCUT2D eigenvalue weighted by molar-refractivity contribution is -0.145. The van der Waals surface area contributed by atoms with Gasteiger partial charge in [0, 0.05) is 38.8 Å². The molecule has 2 amide bonds. The molecular formula is C24H25N5O4S. The fourth-order valence-corrected chi connectivity index (χ4v) is 4.83. The Labute approximate surface area is 201 Å². The lowest BCUT2D eigenvalue weighted by Gasteiger charge is -2.37. The molecule has 3 aromatic rings. The molecule has 10 heteroatoms. The van der Waals surface area contributed by atoms with Gasteiger partial charge in [0.25, 0.3) is 5.91 Å². The first-order valence-electron chi connectivity index (χ1n) is 11.1. The summed E-state index contributed by atoms with van der Waals surface area (Å²) in [6, 6.07) is 17.2. The summed E-state index contributed by atoms with van der Waals surface area (Å²) in [5.41, 5.74) is 0.979. The van der Waals surface area contributed by atoms with Crippen molar-refractivity contribution in [3.05, 3.63) is 54.6 Å². The zero-order valence-electron chi connectivity index (χ0n) is 18.8. The minimum Gasteiger partial charge on any atom is -0.485 e. The molecule has 176 valence electrons. The van der Waals surface area contributed by atoms with Crippen LogP contribution < -0.4 is 9.47 Å². The van der Waals surface area contributed by atoms with Crippen molar-refractivity contribution in [1.29, 1.82) is 0 Å². The molecule has 1 saturated heterocycles. The Hall–Kier alpha value is -3.53. The number of fused-ring (bicyclic) bond motifs is 1. The van der Waals surface area contributed by atoms with Crippen LogP contribution in [0.5, 0.6) is 11.5 Å². The largest absolute Gasteiger partial charge is 0.485 e. The zero-order chi connectivity index (χ0) is 23.5. The molecule has 34 heavy (non-hydrogen) atoms. The third kappa shape index (κ3) is 4.58. The third-order valence-corrected chi connectivity index (χ3v) is 6.92. The van der Waals surface area contributed by atoms with Gasteiger partial charge in [-0.05, 0) is 12.1 Å². The van der Waals surface area contributed by atoms with Gasteiger partial charge in [-0.1, -0.05) is 54.2 Å². The van der Waals surface area contributed by atoms with E-state index in [4.69, 9.17) is 9.47 Å². The van der Waals surface area contributed by atoms with Crippen LogP contribution in [0.4, 0.5) is 0 Å². The van der Waals surface area contributed by atoms with Crippen molar-refractivity contribution in [2.45, 2.75) is 11.3 Å². The van der Waals surface area contributed by atoms with E-state index in [0.29, 0.717) is 42.8 Å². The summed E-state index contributed by atoms with van der Waals surface area (Å²) in [6.45, 7) is 2.11. The van der Waals surface area contributed by atoms with Crippen molar-refractivity contribution in [1.82, 2.24) is 24.6 Å². The number of hydrogen-bond acceptors (Lipinski definition) is 7. The number of nitrogens with zero attached hydrogens (tertiary/aromatic N) is 5. The topological polar surface area (TPSA) is 89.8 Å². The van der Waals surface area contributed by atoms with E-state index >= 15 is 0 Å². The van der Waals surface area contributed by atoms with E-state index in [2.05, 4.69) is 10.2 Å². The van der Waals surface area contributed by atoms with Gasteiger partial charge in [0.05, 0.1) is 5.75 Å². The van der Waals surface area contributed by atoms with Gasteiger partial charge >= 0.3 is 0 Å². The molecule has 2 aliphatic rings. The third-order valence-electron chi connectivity index (χ3n) is 5.92. The van der Waals surface area contributed by atoms with Crippen molar-refractivity contribution in [3.63, 3.8) is 0 Å². The number of thioether (sulfide) groups is 1. The SMILES string of the molecule is Cn1c(SCC(=O)N2CCN(C(=O)[C@@H]3COc4ccccc4O3)CC2)nnc1-c1ccccc1. The lowest BCUT2D eigenvalue weighted by Crippen LogP contribution is -2.55. The molecule has 0 N–H and O–H groups in total. The monoisotopic (exact) mass is 479 g/mol. The minimum atomic E-state index is -0.664. The summed E-state index contributed by atoms with van der Waals surface area (Å²) >= 11 is 1.37. The van der Waals surface area contributed by atoms with Gasteiger partial charge in [0.1, 0.15) is 6.61 Å². The molecule has 2 aromatic carbocycles. The molecule has 1 fully saturated rings. The Morgan fingerprint density at radius 3 is 2.38 bits per heavy atom. The number of ether oxygens (including phenoxy) is 2. The number of para-hydroxylation sites is 2. The van der Waals surface area contributed by atoms with Gasteiger partial charge in [-0.3, -0.25) is 9.59 Å². The van der Waals surface area contributed by atoms with Crippen LogP contribution in [0.15, 0.2) is 59.8 Å². The van der Waals surface area contributed by atoms with E-state index in [1.807, 2.05) is 60.1 Å². The van der Waals surface area contributed by atoms with Gasteiger partial charge < -0.3 is 23.8 Å². The zero-order valence-corrected chi connectivity index (χ0v) is 19.6. The maximum atomic E-state index is 12.9. The van der Waals surface area contributed by atoms with Gasteiger partial charge in [0.2, 0.25) is 12.0 Å². The molecule has 5 rings (SSSR count). The van der Waals surface area contributed by atoms with Crippen LogP contribution in [0.3, 0.4) is 0 Å². The average Bonchev–Trinajstić information content (AvgIpc) is 3.27.